The van der Waals surface area contributed by atoms with E-state index in [2.05, 4.69) is 4.90 Å². The van der Waals surface area contributed by atoms with Crippen LogP contribution in [0.2, 0.25) is 0 Å². The molecule has 5 nitrogen and oxygen atoms in total. The van der Waals surface area contributed by atoms with Crippen LogP contribution in [-0.2, 0) is 15.1 Å². The molecule has 24 heavy (non-hydrogen) atoms. The van der Waals surface area contributed by atoms with Crippen molar-refractivity contribution >= 4 is 5.91 Å². The summed E-state index contributed by atoms with van der Waals surface area (Å²) >= 11 is 0. The first-order chi connectivity index (χ1) is 11.6. The van der Waals surface area contributed by atoms with Gasteiger partial charge in [-0.3, -0.25) is 9.69 Å². The largest absolute Gasteiger partial charge is 0.383 e. The summed E-state index contributed by atoms with van der Waals surface area (Å²) < 4.78 is 5.28. The van der Waals surface area contributed by atoms with E-state index < -0.39 is 5.60 Å². The molecule has 0 bridgehead atoms. The summed E-state index contributed by atoms with van der Waals surface area (Å²) in [6, 6.07) is 9.86. The van der Waals surface area contributed by atoms with Gasteiger partial charge in [0.15, 0.2) is 0 Å². The van der Waals surface area contributed by atoms with Gasteiger partial charge in [-0.1, -0.05) is 30.3 Å². The standard InChI is InChI=1S/C19H28N2O3/c1-2-24-15-18(22)21-13-10-19(23,16-8-4-3-5-9-16)17(14-21)20-11-6-7-12-20/h3-5,8-9,17,23H,2,6-7,10-15H2,1H3/t17-,19?/m1/s1. The van der Waals surface area contributed by atoms with Gasteiger partial charge in [-0.05, 0) is 44.8 Å². The first-order valence-electron chi connectivity index (χ1n) is 9.02. The number of benzene rings is 1. The molecule has 2 saturated heterocycles. The Morgan fingerprint density at radius 1 is 1.25 bits per heavy atom. The minimum Gasteiger partial charge on any atom is -0.383 e. The van der Waals surface area contributed by atoms with Crippen LogP contribution in [0.3, 0.4) is 0 Å². The van der Waals surface area contributed by atoms with E-state index in [-0.39, 0.29) is 18.6 Å². The van der Waals surface area contributed by atoms with Crippen molar-refractivity contribution < 1.29 is 14.6 Å². The number of nitrogens with zero attached hydrogens (tertiary/aromatic N) is 2. The molecule has 0 aromatic heterocycles. The molecule has 2 atom stereocenters. The number of hydrogen-bond donors (Lipinski definition) is 1. The zero-order chi connectivity index (χ0) is 17.0. The highest BCUT2D eigenvalue weighted by Gasteiger charge is 2.47. The molecular formula is C19H28N2O3. The van der Waals surface area contributed by atoms with E-state index in [1.807, 2.05) is 42.2 Å². The summed E-state index contributed by atoms with van der Waals surface area (Å²) in [5.74, 6) is 0.0242. The molecule has 1 unspecified atom stereocenters. The maximum absolute atomic E-state index is 12.4. The molecule has 0 radical (unpaired) electrons. The Morgan fingerprint density at radius 3 is 2.62 bits per heavy atom. The molecule has 1 amide bonds. The van der Waals surface area contributed by atoms with Crippen LogP contribution in [-0.4, -0.2) is 66.2 Å². The van der Waals surface area contributed by atoms with E-state index in [1.165, 1.54) is 0 Å². The SMILES string of the molecule is CCOCC(=O)N1CCC(O)(c2ccccc2)[C@H](N2CCCC2)C1. The Labute approximate surface area is 144 Å². The Balaban J connectivity index is 1.81. The van der Waals surface area contributed by atoms with Gasteiger partial charge in [0.1, 0.15) is 12.2 Å². The number of ether oxygens (including phenoxy) is 1. The van der Waals surface area contributed by atoms with Gasteiger partial charge in [-0.15, -0.1) is 0 Å². The predicted molar refractivity (Wildman–Crippen MR) is 92.6 cm³/mol. The minimum atomic E-state index is -0.895. The summed E-state index contributed by atoms with van der Waals surface area (Å²) in [4.78, 5) is 16.6. The van der Waals surface area contributed by atoms with Crippen LogP contribution in [0, 0.1) is 0 Å². The Morgan fingerprint density at radius 2 is 1.96 bits per heavy atom. The van der Waals surface area contributed by atoms with E-state index >= 15 is 0 Å². The molecule has 1 aromatic carbocycles. The maximum atomic E-state index is 12.4. The predicted octanol–water partition coefficient (Wildman–Crippen LogP) is 1.61. The van der Waals surface area contributed by atoms with Crippen molar-refractivity contribution in [2.75, 3.05) is 39.4 Å². The number of rotatable bonds is 5. The third-order valence-electron chi connectivity index (χ3n) is 5.34. The fourth-order valence-electron chi connectivity index (χ4n) is 3.96. The number of piperidine rings is 1. The van der Waals surface area contributed by atoms with Crippen molar-refractivity contribution in [3.8, 4) is 0 Å². The lowest BCUT2D eigenvalue weighted by Gasteiger charge is -2.48. The number of carbonyl (C=O) groups is 1. The molecule has 2 heterocycles. The molecule has 2 aliphatic heterocycles. The topological polar surface area (TPSA) is 53.0 Å². The van der Waals surface area contributed by atoms with Crippen molar-refractivity contribution in [2.24, 2.45) is 0 Å². The lowest BCUT2D eigenvalue weighted by Crippen LogP contribution is -2.61. The van der Waals surface area contributed by atoms with E-state index in [0.717, 1.165) is 31.5 Å². The van der Waals surface area contributed by atoms with Crippen molar-refractivity contribution in [1.82, 2.24) is 9.80 Å². The smallest absolute Gasteiger partial charge is 0.248 e. The molecular weight excluding hydrogens is 304 g/mol. The van der Waals surface area contributed by atoms with E-state index in [9.17, 15) is 9.90 Å². The van der Waals surface area contributed by atoms with Gasteiger partial charge in [-0.25, -0.2) is 0 Å². The highest BCUT2D eigenvalue weighted by atomic mass is 16.5. The third kappa shape index (κ3) is 3.48. The lowest BCUT2D eigenvalue weighted by atomic mass is 9.79. The fraction of sp³-hybridized carbons (Fsp3) is 0.632. The highest BCUT2D eigenvalue weighted by Crippen LogP contribution is 2.37. The van der Waals surface area contributed by atoms with E-state index in [4.69, 9.17) is 4.74 Å². The molecule has 0 aliphatic carbocycles. The monoisotopic (exact) mass is 332 g/mol. The van der Waals surface area contributed by atoms with Crippen molar-refractivity contribution in [3.63, 3.8) is 0 Å². The third-order valence-corrected chi connectivity index (χ3v) is 5.34. The first kappa shape index (κ1) is 17.4. The Bertz CT molecular complexity index is 545. The molecule has 2 aliphatic rings. The van der Waals surface area contributed by atoms with Gasteiger partial charge < -0.3 is 14.7 Å². The number of carbonyl (C=O) groups excluding carboxylic acids is 1. The van der Waals surface area contributed by atoms with Crippen LogP contribution >= 0.6 is 0 Å². The summed E-state index contributed by atoms with van der Waals surface area (Å²) in [5.41, 5.74) is 0.0624. The quantitative estimate of drug-likeness (QED) is 0.890. The molecule has 5 heteroatoms. The highest BCUT2D eigenvalue weighted by molar-refractivity contribution is 5.77. The Kier molecular flexibility index (Phi) is 5.54. The number of likely N-dealkylation sites (tertiary alicyclic amines) is 2. The molecule has 0 saturated carbocycles. The average Bonchev–Trinajstić information content (AvgIpc) is 3.15. The normalized spacial score (nSPS) is 28.2. The van der Waals surface area contributed by atoms with E-state index in [1.54, 1.807) is 0 Å². The molecule has 1 N–H and O–H groups in total. The average molecular weight is 332 g/mol. The molecule has 2 fully saturated rings. The second kappa shape index (κ2) is 7.64. The number of amides is 1. The van der Waals surface area contributed by atoms with Crippen LogP contribution in [0.5, 0.6) is 0 Å². The zero-order valence-electron chi connectivity index (χ0n) is 14.5. The summed E-state index contributed by atoms with van der Waals surface area (Å²) in [7, 11) is 0. The van der Waals surface area contributed by atoms with Gasteiger partial charge in [0.05, 0.1) is 6.04 Å². The minimum absolute atomic E-state index is 0.0242. The summed E-state index contributed by atoms with van der Waals surface area (Å²) in [6.45, 7) is 5.69. The van der Waals surface area contributed by atoms with Crippen LogP contribution in [0.4, 0.5) is 0 Å². The van der Waals surface area contributed by atoms with Crippen molar-refractivity contribution in [2.45, 2.75) is 37.8 Å². The van der Waals surface area contributed by atoms with Crippen LogP contribution in [0.15, 0.2) is 30.3 Å². The van der Waals surface area contributed by atoms with Crippen LogP contribution in [0.25, 0.3) is 0 Å². The van der Waals surface area contributed by atoms with Gasteiger partial charge in [0.2, 0.25) is 5.91 Å². The van der Waals surface area contributed by atoms with Crippen LogP contribution in [0.1, 0.15) is 31.7 Å². The number of aliphatic hydroxyl groups is 1. The Hall–Kier alpha value is -1.43. The van der Waals surface area contributed by atoms with Crippen LogP contribution < -0.4 is 0 Å². The second-order valence-corrected chi connectivity index (χ2v) is 6.78. The zero-order valence-corrected chi connectivity index (χ0v) is 14.5. The molecule has 1 aromatic rings. The molecule has 132 valence electrons. The van der Waals surface area contributed by atoms with Crippen molar-refractivity contribution in [3.05, 3.63) is 35.9 Å². The van der Waals surface area contributed by atoms with E-state index in [0.29, 0.717) is 26.1 Å². The summed E-state index contributed by atoms with van der Waals surface area (Å²) in [5, 5.41) is 11.5. The van der Waals surface area contributed by atoms with Crippen molar-refractivity contribution in [1.29, 1.82) is 0 Å². The molecule has 0 spiro atoms. The van der Waals surface area contributed by atoms with Gasteiger partial charge in [-0.2, -0.15) is 0 Å². The van der Waals surface area contributed by atoms with Gasteiger partial charge in [0.25, 0.3) is 0 Å². The first-order valence-corrected chi connectivity index (χ1v) is 9.02. The lowest BCUT2D eigenvalue weighted by molar-refractivity contribution is -0.147. The number of hydrogen-bond acceptors (Lipinski definition) is 4. The molecule has 3 rings (SSSR count). The second-order valence-electron chi connectivity index (χ2n) is 6.78. The summed E-state index contributed by atoms with van der Waals surface area (Å²) in [6.07, 6.45) is 2.89. The van der Waals surface area contributed by atoms with Gasteiger partial charge in [0, 0.05) is 19.7 Å². The fourth-order valence-corrected chi connectivity index (χ4v) is 3.96. The van der Waals surface area contributed by atoms with Gasteiger partial charge >= 0.3 is 0 Å². The maximum Gasteiger partial charge on any atom is 0.248 e.